The molecule has 21 heavy (non-hydrogen) atoms. The van der Waals surface area contributed by atoms with Crippen LogP contribution < -0.4 is 5.32 Å². The van der Waals surface area contributed by atoms with Crippen LogP contribution in [0.15, 0.2) is 51.4 Å². The van der Waals surface area contributed by atoms with Gasteiger partial charge in [0.1, 0.15) is 11.3 Å². The van der Waals surface area contributed by atoms with E-state index in [1.165, 1.54) is 16.5 Å². The highest BCUT2D eigenvalue weighted by molar-refractivity contribution is 9.10. The first-order chi connectivity index (χ1) is 10.1. The first-order valence-corrected chi connectivity index (χ1v) is 7.86. The van der Waals surface area contributed by atoms with E-state index in [-0.39, 0.29) is 6.04 Å². The summed E-state index contributed by atoms with van der Waals surface area (Å²) >= 11 is 3.50. The average molecular weight is 344 g/mol. The van der Waals surface area contributed by atoms with Crippen molar-refractivity contribution in [3.8, 4) is 0 Å². The topological polar surface area (TPSA) is 25.2 Å². The summed E-state index contributed by atoms with van der Waals surface area (Å²) < 4.78 is 7.12. The Morgan fingerprint density at radius 3 is 2.57 bits per heavy atom. The second-order valence-electron chi connectivity index (χ2n) is 5.41. The van der Waals surface area contributed by atoms with Crippen molar-refractivity contribution in [3.05, 3.63) is 63.8 Å². The van der Waals surface area contributed by atoms with Crippen LogP contribution in [0.25, 0.3) is 11.0 Å². The molecule has 0 saturated carbocycles. The molecule has 0 aliphatic carbocycles. The Balaban J connectivity index is 1.93. The summed E-state index contributed by atoms with van der Waals surface area (Å²) in [6, 6.07) is 14.6. The van der Waals surface area contributed by atoms with E-state index in [0.29, 0.717) is 0 Å². The van der Waals surface area contributed by atoms with Crippen LogP contribution in [0.2, 0.25) is 0 Å². The molecule has 2 nitrogen and oxygen atoms in total. The van der Waals surface area contributed by atoms with E-state index in [4.69, 9.17) is 4.42 Å². The van der Waals surface area contributed by atoms with Gasteiger partial charge in [-0.1, -0.05) is 34.1 Å². The molecule has 1 aromatic heterocycles. The van der Waals surface area contributed by atoms with Crippen LogP contribution in [0, 0.1) is 13.8 Å². The molecular formula is C18H18BrNO. The van der Waals surface area contributed by atoms with Crippen LogP contribution in [0.5, 0.6) is 0 Å². The van der Waals surface area contributed by atoms with Crippen molar-refractivity contribution in [2.24, 2.45) is 0 Å². The second-order valence-corrected chi connectivity index (χ2v) is 6.33. The smallest absolute Gasteiger partial charge is 0.134 e. The van der Waals surface area contributed by atoms with Gasteiger partial charge in [0.05, 0.1) is 6.04 Å². The zero-order valence-electron chi connectivity index (χ0n) is 12.4. The molecule has 3 aromatic rings. The lowest BCUT2D eigenvalue weighted by atomic mass is 10.1. The summed E-state index contributed by atoms with van der Waals surface area (Å²) in [5.41, 5.74) is 4.50. The minimum absolute atomic E-state index is 0.122. The molecule has 0 aliphatic heterocycles. The Bertz CT molecular complexity index is 791. The molecule has 0 bridgehead atoms. The first-order valence-electron chi connectivity index (χ1n) is 7.07. The molecule has 1 unspecified atom stereocenters. The molecule has 0 aliphatic rings. The van der Waals surface area contributed by atoms with Crippen LogP contribution in [0.4, 0.5) is 5.69 Å². The Kier molecular flexibility index (Phi) is 3.77. The van der Waals surface area contributed by atoms with E-state index in [0.717, 1.165) is 21.5 Å². The van der Waals surface area contributed by atoms with E-state index < -0.39 is 0 Å². The largest absolute Gasteiger partial charge is 0.459 e. The molecule has 1 atom stereocenters. The summed E-state index contributed by atoms with van der Waals surface area (Å²) in [7, 11) is 0. The van der Waals surface area contributed by atoms with Gasteiger partial charge < -0.3 is 9.73 Å². The van der Waals surface area contributed by atoms with Gasteiger partial charge in [0.15, 0.2) is 0 Å². The highest BCUT2D eigenvalue weighted by atomic mass is 79.9. The standard InChI is InChI=1S/C18H18BrNO/c1-11-10-14(19)8-9-16(11)20-13(3)18-12(2)15-6-4-5-7-17(15)21-18/h4-10,13,20H,1-3H3. The van der Waals surface area contributed by atoms with Gasteiger partial charge in [0.2, 0.25) is 0 Å². The van der Waals surface area contributed by atoms with Crippen molar-refractivity contribution in [1.82, 2.24) is 0 Å². The predicted octanol–water partition coefficient (Wildman–Crippen LogP) is 5.99. The number of para-hydroxylation sites is 1. The minimum Gasteiger partial charge on any atom is -0.459 e. The molecule has 2 aromatic carbocycles. The van der Waals surface area contributed by atoms with Crippen molar-refractivity contribution < 1.29 is 4.42 Å². The Morgan fingerprint density at radius 2 is 1.86 bits per heavy atom. The molecule has 0 spiro atoms. The van der Waals surface area contributed by atoms with E-state index in [9.17, 15) is 0 Å². The average Bonchev–Trinajstić information content (AvgIpc) is 2.80. The van der Waals surface area contributed by atoms with Crippen molar-refractivity contribution in [2.45, 2.75) is 26.8 Å². The number of anilines is 1. The van der Waals surface area contributed by atoms with Crippen LogP contribution in [-0.4, -0.2) is 0 Å². The van der Waals surface area contributed by atoms with Crippen molar-refractivity contribution in [1.29, 1.82) is 0 Å². The maximum Gasteiger partial charge on any atom is 0.134 e. The van der Waals surface area contributed by atoms with Crippen molar-refractivity contribution in [3.63, 3.8) is 0 Å². The summed E-state index contributed by atoms with van der Waals surface area (Å²) in [5.74, 6) is 0.999. The second kappa shape index (κ2) is 5.57. The zero-order chi connectivity index (χ0) is 15.0. The van der Waals surface area contributed by atoms with Crippen LogP contribution >= 0.6 is 15.9 Å². The van der Waals surface area contributed by atoms with Crippen molar-refractivity contribution in [2.75, 3.05) is 5.32 Å². The zero-order valence-corrected chi connectivity index (χ0v) is 14.0. The van der Waals surface area contributed by atoms with E-state index in [2.05, 4.69) is 60.2 Å². The molecule has 0 amide bonds. The van der Waals surface area contributed by atoms with Gasteiger partial charge in [-0.05, 0) is 50.6 Å². The molecule has 0 radical (unpaired) electrons. The summed E-state index contributed by atoms with van der Waals surface area (Å²) in [6.07, 6.45) is 0. The molecule has 1 N–H and O–H groups in total. The van der Waals surface area contributed by atoms with Crippen molar-refractivity contribution >= 4 is 32.6 Å². The molecule has 0 fully saturated rings. The number of hydrogen-bond acceptors (Lipinski definition) is 2. The number of nitrogens with one attached hydrogen (secondary N) is 1. The molecule has 1 heterocycles. The number of fused-ring (bicyclic) bond motifs is 1. The fourth-order valence-corrected chi connectivity index (χ4v) is 3.17. The van der Waals surface area contributed by atoms with E-state index in [1.54, 1.807) is 0 Å². The fraction of sp³-hybridized carbons (Fsp3) is 0.222. The third kappa shape index (κ3) is 2.70. The van der Waals surface area contributed by atoms with E-state index in [1.807, 2.05) is 24.3 Å². The van der Waals surface area contributed by atoms with Gasteiger partial charge >= 0.3 is 0 Å². The summed E-state index contributed by atoms with van der Waals surface area (Å²) in [4.78, 5) is 0. The monoisotopic (exact) mass is 343 g/mol. The molecule has 3 rings (SSSR count). The molecule has 108 valence electrons. The normalized spacial score (nSPS) is 12.6. The maximum atomic E-state index is 6.02. The first kappa shape index (κ1) is 14.2. The SMILES string of the molecule is Cc1cc(Br)ccc1NC(C)c1oc2ccccc2c1C. The summed E-state index contributed by atoms with van der Waals surface area (Å²) in [6.45, 7) is 6.35. The van der Waals surface area contributed by atoms with Crippen LogP contribution in [0.3, 0.4) is 0 Å². The minimum atomic E-state index is 0.122. The predicted molar refractivity (Wildman–Crippen MR) is 91.9 cm³/mol. The molecule has 0 saturated heterocycles. The highest BCUT2D eigenvalue weighted by Crippen LogP contribution is 2.32. The number of hydrogen-bond donors (Lipinski definition) is 1. The lowest BCUT2D eigenvalue weighted by molar-refractivity contribution is 0.522. The number of halogens is 1. The lowest BCUT2D eigenvalue weighted by Crippen LogP contribution is -2.07. The Labute approximate surface area is 133 Å². The van der Waals surface area contributed by atoms with Gasteiger partial charge in [0, 0.05) is 21.1 Å². The quantitative estimate of drug-likeness (QED) is 0.632. The number of benzene rings is 2. The Morgan fingerprint density at radius 1 is 1.10 bits per heavy atom. The lowest BCUT2D eigenvalue weighted by Gasteiger charge is -2.16. The molecule has 3 heteroatoms. The van der Waals surface area contributed by atoms with Gasteiger partial charge in [-0.3, -0.25) is 0 Å². The fourth-order valence-electron chi connectivity index (χ4n) is 2.69. The van der Waals surface area contributed by atoms with Gasteiger partial charge in [-0.15, -0.1) is 0 Å². The number of furan rings is 1. The molecular weight excluding hydrogens is 326 g/mol. The van der Waals surface area contributed by atoms with Crippen LogP contribution in [-0.2, 0) is 0 Å². The third-order valence-electron chi connectivity index (χ3n) is 3.83. The summed E-state index contributed by atoms with van der Waals surface area (Å²) in [5, 5.41) is 4.73. The Hall–Kier alpha value is -1.74. The van der Waals surface area contributed by atoms with Crippen LogP contribution in [0.1, 0.15) is 29.9 Å². The van der Waals surface area contributed by atoms with E-state index >= 15 is 0 Å². The third-order valence-corrected chi connectivity index (χ3v) is 4.33. The maximum absolute atomic E-state index is 6.02. The number of rotatable bonds is 3. The number of aryl methyl sites for hydroxylation is 2. The van der Waals surface area contributed by atoms with Gasteiger partial charge in [-0.2, -0.15) is 0 Å². The van der Waals surface area contributed by atoms with Gasteiger partial charge in [0.25, 0.3) is 0 Å². The highest BCUT2D eigenvalue weighted by Gasteiger charge is 2.16. The van der Waals surface area contributed by atoms with Gasteiger partial charge in [-0.25, -0.2) is 0 Å².